The maximum Gasteiger partial charge on any atom is 0.225 e. The van der Waals surface area contributed by atoms with Crippen LogP contribution in [0.1, 0.15) is 12.0 Å². The van der Waals surface area contributed by atoms with Crippen LogP contribution < -0.4 is 4.74 Å². The van der Waals surface area contributed by atoms with Crippen molar-refractivity contribution in [2.45, 2.75) is 19.1 Å². The molecule has 1 fully saturated rings. The van der Waals surface area contributed by atoms with E-state index >= 15 is 0 Å². The van der Waals surface area contributed by atoms with Crippen molar-refractivity contribution in [2.24, 2.45) is 0 Å². The zero-order valence-electron chi connectivity index (χ0n) is 9.09. The highest BCUT2D eigenvalue weighted by molar-refractivity contribution is 5.79. The lowest BCUT2D eigenvalue weighted by Crippen LogP contribution is -2.25. The van der Waals surface area contributed by atoms with E-state index in [1.165, 1.54) is 0 Å². The summed E-state index contributed by atoms with van der Waals surface area (Å²) in [5.41, 5.74) is 0.854. The Bertz CT molecular complexity index is 395. The first kappa shape index (κ1) is 10.9. The van der Waals surface area contributed by atoms with Crippen molar-refractivity contribution in [3.05, 3.63) is 23.9 Å². The highest BCUT2D eigenvalue weighted by atomic mass is 16.5. The van der Waals surface area contributed by atoms with Gasteiger partial charge in [-0.05, 0) is 6.07 Å². The van der Waals surface area contributed by atoms with E-state index < -0.39 is 6.10 Å². The molecule has 0 saturated carbocycles. The number of β-amino-alcohol motifs (C(OH)–C–C–N with tert-alkyl or cyclic N) is 1. The van der Waals surface area contributed by atoms with Crippen LogP contribution in [0, 0.1) is 0 Å². The molecule has 1 aromatic rings. The molecule has 86 valence electrons. The summed E-state index contributed by atoms with van der Waals surface area (Å²) in [6.45, 7) is 0.823. The molecule has 5 heteroatoms. The third-order valence-corrected chi connectivity index (χ3v) is 2.60. The summed E-state index contributed by atoms with van der Waals surface area (Å²) in [4.78, 5) is 17.2. The summed E-state index contributed by atoms with van der Waals surface area (Å²) in [7, 11) is 1.55. The standard InChI is InChI=1S/C11H14N2O3/c1-16-11-8(3-2-4-12-11)6-13-7-9(14)5-10(13)15/h2-4,9,14H,5-7H2,1H3. The van der Waals surface area contributed by atoms with Gasteiger partial charge in [-0.2, -0.15) is 0 Å². The van der Waals surface area contributed by atoms with Gasteiger partial charge in [0, 0.05) is 18.3 Å². The molecule has 1 aromatic heterocycles. The van der Waals surface area contributed by atoms with Crippen LogP contribution in [0.4, 0.5) is 0 Å². The molecule has 0 radical (unpaired) electrons. The van der Waals surface area contributed by atoms with E-state index in [2.05, 4.69) is 4.98 Å². The van der Waals surface area contributed by atoms with Crippen LogP contribution in [0.15, 0.2) is 18.3 Å². The van der Waals surface area contributed by atoms with Crippen molar-refractivity contribution in [1.82, 2.24) is 9.88 Å². The number of aromatic nitrogens is 1. The van der Waals surface area contributed by atoms with Gasteiger partial charge in [-0.15, -0.1) is 0 Å². The summed E-state index contributed by atoms with van der Waals surface area (Å²) in [5.74, 6) is 0.495. The molecule has 16 heavy (non-hydrogen) atoms. The second kappa shape index (κ2) is 4.49. The average Bonchev–Trinajstić information content (AvgIpc) is 2.58. The highest BCUT2D eigenvalue weighted by Gasteiger charge is 2.28. The number of amides is 1. The third-order valence-electron chi connectivity index (χ3n) is 2.60. The number of hydrogen-bond acceptors (Lipinski definition) is 4. The SMILES string of the molecule is COc1ncccc1CN1CC(O)CC1=O. The number of aliphatic hydroxyl groups is 1. The van der Waals surface area contributed by atoms with Crippen molar-refractivity contribution in [3.63, 3.8) is 0 Å². The summed E-state index contributed by atoms with van der Waals surface area (Å²) in [6.07, 6.45) is 1.31. The second-order valence-corrected chi connectivity index (χ2v) is 3.80. The Balaban J connectivity index is 2.12. The average molecular weight is 222 g/mol. The van der Waals surface area contributed by atoms with Crippen molar-refractivity contribution >= 4 is 5.91 Å². The van der Waals surface area contributed by atoms with E-state index in [4.69, 9.17) is 4.74 Å². The quantitative estimate of drug-likeness (QED) is 0.792. The lowest BCUT2D eigenvalue weighted by Gasteiger charge is -2.16. The minimum absolute atomic E-state index is 0.0293. The largest absolute Gasteiger partial charge is 0.481 e. The summed E-state index contributed by atoms with van der Waals surface area (Å²) < 4.78 is 5.11. The normalized spacial score (nSPS) is 20.2. The fraction of sp³-hybridized carbons (Fsp3) is 0.455. The molecule has 1 unspecified atom stereocenters. The number of nitrogens with zero attached hydrogens (tertiary/aromatic N) is 2. The number of aliphatic hydroxyl groups excluding tert-OH is 1. The number of hydrogen-bond donors (Lipinski definition) is 1. The maximum absolute atomic E-state index is 11.5. The van der Waals surface area contributed by atoms with E-state index in [-0.39, 0.29) is 12.3 Å². The molecule has 0 aromatic carbocycles. The highest BCUT2D eigenvalue weighted by Crippen LogP contribution is 2.19. The molecular weight excluding hydrogens is 208 g/mol. The van der Waals surface area contributed by atoms with Gasteiger partial charge in [0.1, 0.15) is 0 Å². The van der Waals surface area contributed by atoms with Gasteiger partial charge in [-0.25, -0.2) is 4.98 Å². The van der Waals surface area contributed by atoms with Gasteiger partial charge >= 0.3 is 0 Å². The number of rotatable bonds is 3. The van der Waals surface area contributed by atoms with Crippen molar-refractivity contribution in [2.75, 3.05) is 13.7 Å². The zero-order chi connectivity index (χ0) is 11.5. The number of methoxy groups -OCH3 is 1. The first-order chi connectivity index (χ1) is 7.70. The maximum atomic E-state index is 11.5. The first-order valence-electron chi connectivity index (χ1n) is 5.14. The van der Waals surface area contributed by atoms with Crippen LogP contribution in [-0.2, 0) is 11.3 Å². The van der Waals surface area contributed by atoms with Gasteiger partial charge in [-0.3, -0.25) is 4.79 Å². The number of carbonyl (C=O) groups excluding carboxylic acids is 1. The molecule has 2 rings (SSSR count). The van der Waals surface area contributed by atoms with Gasteiger partial charge in [-0.1, -0.05) is 6.07 Å². The van der Waals surface area contributed by atoms with E-state index in [0.717, 1.165) is 5.56 Å². The zero-order valence-corrected chi connectivity index (χ0v) is 9.09. The van der Waals surface area contributed by atoms with Crippen molar-refractivity contribution < 1.29 is 14.6 Å². The smallest absolute Gasteiger partial charge is 0.225 e. The second-order valence-electron chi connectivity index (χ2n) is 3.80. The van der Waals surface area contributed by atoms with E-state index in [1.54, 1.807) is 24.3 Å². The Labute approximate surface area is 93.7 Å². The molecule has 0 aliphatic carbocycles. The van der Waals surface area contributed by atoms with E-state index in [9.17, 15) is 9.90 Å². The molecule has 5 nitrogen and oxygen atoms in total. The van der Waals surface area contributed by atoms with Gasteiger partial charge < -0.3 is 14.7 Å². The van der Waals surface area contributed by atoms with Crippen LogP contribution in [0.25, 0.3) is 0 Å². The predicted molar refractivity (Wildman–Crippen MR) is 56.8 cm³/mol. The fourth-order valence-corrected chi connectivity index (χ4v) is 1.84. The topological polar surface area (TPSA) is 62.7 Å². The first-order valence-corrected chi connectivity index (χ1v) is 5.14. The lowest BCUT2D eigenvalue weighted by atomic mass is 10.2. The Kier molecular flexibility index (Phi) is 3.05. The predicted octanol–water partition coefficient (Wildman–Crippen LogP) is 0.183. The van der Waals surface area contributed by atoms with Crippen LogP contribution in [0.3, 0.4) is 0 Å². The van der Waals surface area contributed by atoms with Gasteiger partial charge in [0.2, 0.25) is 11.8 Å². The molecular formula is C11H14N2O3. The number of ether oxygens (including phenoxy) is 1. The van der Waals surface area contributed by atoms with Gasteiger partial charge in [0.05, 0.1) is 26.2 Å². The summed E-state index contributed by atoms with van der Waals surface area (Å²) in [6, 6.07) is 3.67. The van der Waals surface area contributed by atoms with E-state index in [0.29, 0.717) is 19.0 Å². The minimum atomic E-state index is -0.546. The molecule has 1 amide bonds. The van der Waals surface area contributed by atoms with Crippen LogP contribution in [0.2, 0.25) is 0 Å². The van der Waals surface area contributed by atoms with Gasteiger partial charge in [0.15, 0.2) is 0 Å². The molecule has 0 bridgehead atoms. The molecule has 0 spiro atoms. The van der Waals surface area contributed by atoms with E-state index in [1.807, 2.05) is 6.07 Å². The van der Waals surface area contributed by atoms with Crippen LogP contribution in [0.5, 0.6) is 5.88 Å². The summed E-state index contributed by atoms with van der Waals surface area (Å²) >= 11 is 0. The minimum Gasteiger partial charge on any atom is -0.481 e. The Morgan fingerprint density at radius 2 is 2.50 bits per heavy atom. The summed E-state index contributed by atoms with van der Waals surface area (Å²) in [5, 5.41) is 9.37. The molecule has 1 N–H and O–H groups in total. The molecule has 2 heterocycles. The van der Waals surface area contributed by atoms with Crippen LogP contribution >= 0.6 is 0 Å². The Morgan fingerprint density at radius 1 is 1.69 bits per heavy atom. The fourth-order valence-electron chi connectivity index (χ4n) is 1.84. The monoisotopic (exact) mass is 222 g/mol. The molecule has 1 saturated heterocycles. The molecule has 1 atom stereocenters. The van der Waals surface area contributed by atoms with Crippen LogP contribution in [-0.4, -0.2) is 40.7 Å². The van der Waals surface area contributed by atoms with Gasteiger partial charge in [0.25, 0.3) is 0 Å². The third kappa shape index (κ3) is 2.14. The van der Waals surface area contributed by atoms with Crippen molar-refractivity contribution in [3.8, 4) is 5.88 Å². The molecule has 1 aliphatic rings. The Morgan fingerprint density at radius 3 is 3.12 bits per heavy atom. The number of pyridine rings is 1. The lowest BCUT2D eigenvalue weighted by molar-refractivity contribution is -0.128. The number of likely N-dealkylation sites (tertiary alicyclic amines) is 1. The molecule has 1 aliphatic heterocycles. The number of carbonyl (C=O) groups is 1. The Hall–Kier alpha value is -1.62. The van der Waals surface area contributed by atoms with Crippen molar-refractivity contribution in [1.29, 1.82) is 0 Å².